The molecule has 0 bridgehead atoms. The van der Waals surface area contributed by atoms with E-state index in [2.05, 4.69) is 10.6 Å². The fourth-order valence-electron chi connectivity index (χ4n) is 3.04. The number of rotatable bonds is 5. The maximum atomic E-state index is 12.7. The largest absolute Gasteiger partial charge is 0.459 e. The van der Waals surface area contributed by atoms with Gasteiger partial charge in [-0.25, -0.2) is 0 Å². The van der Waals surface area contributed by atoms with Crippen LogP contribution in [0.4, 0.5) is 0 Å². The zero-order chi connectivity index (χ0) is 15.6. The molecule has 118 valence electrons. The van der Waals surface area contributed by atoms with Crippen LogP contribution < -0.4 is 10.6 Å². The van der Waals surface area contributed by atoms with E-state index in [1.165, 1.54) is 0 Å². The fourth-order valence-corrected chi connectivity index (χ4v) is 3.04. The van der Waals surface area contributed by atoms with Crippen LogP contribution in [0.5, 0.6) is 0 Å². The van der Waals surface area contributed by atoms with Crippen LogP contribution in [0.1, 0.15) is 25.1 Å². The molecule has 22 heavy (non-hydrogen) atoms. The van der Waals surface area contributed by atoms with Gasteiger partial charge in [0.05, 0.1) is 18.1 Å². The third-order valence-corrected chi connectivity index (χ3v) is 4.36. The highest BCUT2D eigenvalue weighted by Crippen LogP contribution is 2.29. The molecule has 5 nitrogen and oxygen atoms in total. The molecule has 0 radical (unpaired) electrons. The number of carbonyl (C=O) groups is 1. The predicted molar refractivity (Wildman–Crippen MR) is 84.6 cm³/mol. The van der Waals surface area contributed by atoms with E-state index in [0.29, 0.717) is 13.2 Å². The van der Waals surface area contributed by atoms with Crippen LogP contribution in [0.2, 0.25) is 0 Å². The first-order chi connectivity index (χ1) is 10.6. The van der Waals surface area contributed by atoms with Crippen molar-refractivity contribution in [1.82, 2.24) is 10.6 Å². The van der Waals surface area contributed by atoms with Gasteiger partial charge in [0.25, 0.3) is 0 Å². The molecule has 2 heterocycles. The Kier molecular flexibility index (Phi) is 4.18. The number of benzene rings is 1. The van der Waals surface area contributed by atoms with E-state index in [4.69, 9.17) is 9.15 Å². The van der Waals surface area contributed by atoms with Gasteiger partial charge < -0.3 is 19.8 Å². The van der Waals surface area contributed by atoms with Gasteiger partial charge in [-0.2, -0.15) is 0 Å². The Hall–Kier alpha value is -1.85. The van der Waals surface area contributed by atoms with Crippen LogP contribution in [0, 0.1) is 5.41 Å². The minimum absolute atomic E-state index is 0.0207. The SMILES string of the molecule is COCC1(C(=O)NC(C)c2cc3ccccc3o2)CCNC1. The lowest BCUT2D eigenvalue weighted by atomic mass is 9.86. The van der Waals surface area contributed by atoms with E-state index in [1.54, 1.807) is 7.11 Å². The molecule has 2 unspecified atom stereocenters. The van der Waals surface area contributed by atoms with Crippen molar-refractivity contribution in [1.29, 1.82) is 0 Å². The number of carbonyl (C=O) groups excluding carboxylic acids is 1. The second-order valence-corrected chi connectivity index (χ2v) is 6.02. The summed E-state index contributed by atoms with van der Waals surface area (Å²) >= 11 is 0. The Balaban J connectivity index is 1.75. The van der Waals surface area contributed by atoms with Gasteiger partial charge in [-0.05, 0) is 32.0 Å². The highest BCUT2D eigenvalue weighted by Gasteiger charge is 2.42. The van der Waals surface area contributed by atoms with Crippen LogP contribution >= 0.6 is 0 Å². The Morgan fingerprint density at radius 1 is 1.50 bits per heavy atom. The summed E-state index contributed by atoms with van der Waals surface area (Å²) in [6.07, 6.45) is 0.791. The van der Waals surface area contributed by atoms with E-state index in [0.717, 1.165) is 29.7 Å². The molecule has 0 spiro atoms. The minimum Gasteiger partial charge on any atom is -0.459 e. The van der Waals surface area contributed by atoms with Gasteiger partial charge in [0.15, 0.2) is 0 Å². The summed E-state index contributed by atoms with van der Waals surface area (Å²) in [5, 5.41) is 7.37. The summed E-state index contributed by atoms with van der Waals surface area (Å²) in [7, 11) is 1.63. The molecule has 1 aliphatic heterocycles. The molecule has 3 rings (SSSR count). The average molecular weight is 302 g/mol. The highest BCUT2D eigenvalue weighted by atomic mass is 16.5. The maximum Gasteiger partial charge on any atom is 0.230 e. The van der Waals surface area contributed by atoms with E-state index in [1.807, 2.05) is 37.3 Å². The summed E-state index contributed by atoms with van der Waals surface area (Å²) in [5.74, 6) is 0.792. The number of furan rings is 1. The number of hydrogen-bond acceptors (Lipinski definition) is 4. The molecular weight excluding hydrogens is 280 g/mol. The van der Waals surface area contributed by atoms with Crippen LogP contribution in [-0.2, 0) is 9.53 Å². The maximum absolute atomic E-state index is 12.7. The lowest BCUT2D eigenvalue weighted by Crippen LogP contribution is -2.46. The molecule has 5 heteroatoms. The zero-order valence-electron chi connectivity index (χ0n) is 13.0. The lowest BCUT2D eigenvalue weighted by molar-refractivity contribution is -0.133. The van der Waals surface area contributed by atoms with Crippen molar-refractivity contribution < 1.29 is 13.9 Å². The third kappa shape index (κ3) is 2.74. The first-order valence-electron chi connectivity index (χ1n) is 7.64. The average Bonchev–Trinajstić information content (AvgIpc) is 3.14. The number of nitrogens with one attached hydrogen (secondary N) is 2. The number of ether oxygens (including phenoxy) is 1. The minimum atomic E-state index is -0.477. The van der Waals surface area contributed by atoms with Crippen molar-refractivity contribution in [2.24, 2.45) is 5.41 Å². The first kappa shape index (κ1) is 15.1. The van der Waals surface area contributed by atoms with Gasteiger partial charge in [-0.3, -0.25) is 4.79 Å². The molecule has 1 saturated heterocycles. The Bertz CT molecular complexity index is 626. The third-order valence-electron chi connectivity index (χ3n) is 4.36. The monoisotopic (exact) mass is 302 g/mol. The molecule has 2 N–H and O–H groups in total. The number of methoxy groups -OCH3 is 1. The number of fused-ring (bicyclic) bond motifs is 1. The highest BCUT2D eigenvalue weighted by molar-refractivity contribution is 5.84. The van der Waals surface area contributed by atoms with E-state index >= 15 is 0 Å². The van der Waals surface area contributed by atoms with Crippen molar-refractivity contribution in [2.45, 2.75) is 19.4 Å². The quantitative estimate of drug-likeness (QED) is 0.889. The summed E-state index contributed by atoms with van der Waals surface area (Å²) in [4.78, 5) is 12.7. The molecular formula is C17H22N2O3. The van der Waals surface area contributed by atoms with Gasteiger partial charge in [0.2, 0.25) is 5.91 Å². The van der Waals surface area contributed by atoms with Crippen LogP contribution in [0.15, 0.2) is 34.7 Å². The Labute approximate surface area is 130 Å². The van der Waals surface area contributed by atoms with Gasteiger partial charge in [-0.15, -0.1) is 0 Å². The second-order valence-electron chi connectivity index (χ2n) is 6.02. The second kappa shape index (κ2) is 6.10. The molecule has 1 aromatic carbocycles. The summed E-state index contributed by atoms with van der Waals surface area (Å²) in [6, 6.07) is 9.66. The van der Waals surface area contributed by atoms with Crippen LogP contribution in [0.3, 0.4) is 0 Å². The molecule has 1 aromatic heterocycles. The van der Waals surface area contributed by atoms with E-state index < -0.39 is 5.41 Å². The summed E-state index contributed by atoms with van der Waals surface area (Å²) in [6.45, 7) is 3.87. The fraction of sp³-hybridized carbons (Fsp3) is 0.471. The smallest absolute Gasteiger partial charge is 0.230 e. The molecule has 1 aliphatic rings. The number of para-hydroxylation sites is 1. The van der Waals surface area contributed by atoms with Crippen molar-refractivity contribution >= 4 is 16.9 Å². The van der Waals surface area contributed by atoms with Crippen molar-refractivity contribution in [3.63, 3.8) is 0 Å². The van der Waals surface area contributed by atoms with Gasteiger partial charge in [0, 0.05) is 19.0 Å². The van der Waals surface area contributed by atoms with Crippen molar-refractivity contribution in [3.05, 3.63) is 36.1 Å². The number of amides is 1. The molecule has 0 aliphatic carbocycles. The molecule has 2 aromatic rings. The van der Waals surface area contributed by atoms with E-state index in [-0.39, 0.29) is 11.9 Å². The predicted octanol–water partition coefficient (Wildman–Crippen LogP) is 2.24. The topological polar surface area (TPSA) is 63.5 Å². The zero-order valence-corrected chi connectivity index (χ0v) is 13.0. The Morgan fingerprint density at radius 3 is 3.00 bits per heavy atom. The normalized spacial score (nSPS) is 22.8. The van der Waals surface area contributed by atoms with Crippen LogP contribution in [-0.4, -0.2) is 32.7 Å². The Morgan fingerprint density at radius 2 is 2.32 bits per heavy atom. The van der Waals surface area contributed by atoms with E-state index in [9.17, 15) is 4.79 Å². The van der Waals surface area contributed by atoms with Gasteiger partial charge >= 0.3 is 0 Å². The number of hydrogen-bond donors (Lipinski definition) is 2. The standard InChI is InChI=1S/C17H22N2O3/c1-12(15-9-13-5-3-4-6-14(13)22-15)19-16(20)17(11-21-2)7-8-18-10-17/h3-6,9,12,18H,7-8,10-11H2,1-2H3,(H,19,20). The van der Waals surface area contributed by atoms with Gasteiger partial charge in [-0.1, -0.05) is 18.2 Å². The summed E-state index contributed by atoms with van der Waals surface area (Å²) < 4.78 is 11.1. The first-order valence-corrected chi connectivity index (χ1v) is 7.64. The molecule has 0 saturated carbocycles. The molecule has 1 amide bonds. The van der Waals surface area contributed by atoms with Crippen molar-refractivity contribution in [3.8, 4) is 0 Å². The summed E-state index contributed by atoms with van der Waals surface area (Å²) in [5.41, 5.74) is 0.363. The lowest BCUT2D eigenvalue weighted by Gasteiger charge is -2.27. The van der Waals surface area contributed by atoms with Crippen molar-refractivity contribution in [2.75, 3.05) is 26.8 Å². The molecule has 1 fully saturated rings. The molecule has 2 atom stereocenters. The van der Waals surface area contributed by atoms with Gasteiger partial charge in [0.1, 0.15) is 11.3 Å². The van der Waals surface area contributed by atoms with Crippen LogP contribution in [0.25, 0.3) is 11.0 Å².